The van der Waals surface area contributed by atoms with Crippen LogP contribution in [0.5, 0.6) is 0 Å². The van der Waals surface area contributed by atoms with Crippen LogP contribution in [0.3, 0.4) is 0 Å². The molecule has 0 aromatic carbocycles. The lowest BCUT2D eigenvalue weighted by Gasteiger charge is -2.40. The molecular weight excluding hydrogens is 608 g/mol. The summed E-state index contributed by atoms with van der Waals surface area (Å²) >= 11 is 21.1. The van der Waals surface area contributed by atoms with Crippen molar-refractivity contribution in [2.45, 2.75) is 30.5 Å². The quantitative estimate of drug-likeness (QED) is 0.408. The van der Waals surface area contributed by atoms with Gasteiger partial charge in [0.1, 0.15) is 23.6 Å². The van der Waals surface area contributed by atoms with Crippen molar-refractivity contribution in [2.75, 3.05) is 0 Å². The Morgan fingerprint density at radius 1 is 1.06 bits per heavy atom. The Hall–Kier alpha value is 2.54. The normalized spacial score (nSPS) is 54.9. The van der Waals surface area contributed by atoms with Crippen molar-refractivity contribution in [3.8, 4) is 0 Å². The molecule has 2 aliphatic carbocycles. The topological polar surface area (TPSA) is 40.5 Å². The van der Waals surface area contributed by atoms with Gasteiger partial charge in [-0.1, -0.05) is 95.6 Å². The Labute approximate surface area is 143 Å². The summed E-state index contributed by atoms with van der Waals surface area (Å²) in [6.45, 7) is 1.59. The van der Waals surface area contributed by atoms with Gasteiger partial charge in [0.05, 0.1) is 0 Å². The van der Waals surface area contributed by atoms with Crippen LogP contribution >= 0.6 is 95.6 Å². The van der Waals surface area contributed by atoms with Crippen LogP contribution in [-0.4, -0.2) is 33.8 Å². The first-order chi connectivity index (χ1) is 6.97. The third-order valence-corrected chi connectivity index (χ3v) is 14.7. The summed E-state index contributed by atoms with van der Waals surface area (Å²) in [4.78, 5) is 0. The summed E-state index contributed by atoms with van der Waals surface area (Å²) in [7, 11) is 0. The SMILES string of the molecule is CC1(O)C(O)C2(Br)C(Br)=C(Br)C1(Br)C2(Br)Br. The van der Waals surface area contributed by atoms with Crippen LogP contribution in [0.25, 0.3) is 0 Å². The van der Waals surface area contributed by atoms with Crippen molar-refractivity contribution < 1.29 is 10.2 Å². The van der Waals surface area contributed by atoms with Gasteiger partial charge in [0, 0.05) is 8.96 Å². The molecule has 0 saturated heterocycles. The van der Waals surface area contributed by atoms with Gasteiger partial charge in [-0.25, -0.2) is 0 Å². The second-order valence-corrected chi connectivity index (χ2v) is 11.6. The predicted octanol–water partition coefficient (Wildman–Crippen LogP) is 3.88. The fourth-order valence-corrected chi connectivity index (χ4v) is 9.63. The zero-order valence-corrected chi connectivity index (χ0v) is 17.3. The van der Waals surface area contributed by atoms with E-state index in [1.165, 1.54) is 0 Å². The molecule has 2 nitrogen and oxygen atoms in total. The van der Waals surface area contributed by atoms with Crippen LogP contribution in [-0.2, 0) is 0 Å². The zero-order valence-electron chi connectivity index (χ0n) is 7.74. The van der Waals surface area contributed by atoms with Gasteiger partial charge >= 0.3 is 0 Å². The molecule has 1 fully saturated rings. The third-order valence-electron chi connectivity index (χ3n) is 3.31. The summed E-state index contributed by atoms with van der Waals surface area (Å²) in [6, 6.07) is 0. The summed E-state index contributed by atoms with van der Waals surface area (Å²) in [5.41, 5.74) is -1.35. The van der Waals surface area contributed by atoms with Crippen molar-refractivity contribution in [1.29, 1.82) is 0 Å². The van der Waals surface area contributed by atoms with E-state index in [0.29, 0.717) is 0 Å². The number of aliphatic hydroxyl groups excluding tert-OH is 1. The number of hydrogen-bond donors (Lipinski definition) is 2. The maximum Gasteiger partial charge on any atom is 0.126 e. The van der Waals surface area contributed by atoms with Gasteiger partial charge in [-0.05, 0) is 6.92 Å². The molecule has 16 heavy (non-hydrogen) atoms. The Bertz CT molecular complexity index is 405. The minimum absolute atomic E-state index is 0.751. The van der Waals surface area contributed by atoms with E-state index >= 15 is 0 Å². The van der Waals surface area contributed by atoms with Crippen molar-refractivity contribution in [2.24, 2.45) is 0 Å². The van der Waals surface area contributed by atoms with E-state index in [4.69, 9.17) is 0 Å². The molecule has 92 valence electrons. The van der Waals surface area contributed by atoms with Gasteiger partial charge in [0.25, 0.3) is 0 Å². The van der Waals surface area contributed by atoms with Crippen LogP contribution < -0.4 is 0 Å². The predicted molar refractivity (Wildman–Crippen MR) is 85.4 cm³/mol. The minimum Gasteiger partial charge on any atom is -0.388 e. The Morgan fingerprint density at radius 3 is 1.81 bits per heavy atom. The van der Waals surface area contributed by atoms with Gasteiger partial charge in [0.15, 0.2) is 0 Å². The molecule has 0 radical (unpaired) electrons. The highest BCUT2D eigenvalue weighted by Gasteiger charge is 2.84. The molecular formula is C8H6Br6O2. The number of hydrogen-bond acceptors (Lipinski definition) is 2. The monoisotopic (exact) mass is 608 g/mol. The largest absolute Gasteiger partial charge is 0.388 e. The molecule has 2 N–H and O–H groups in total. The maximum absolute atomic E-state index is 10.5. The smallest absolute Gasteiger partial charge is 0.126 e. The van der Waals surface area contributed by atoms with Gasteiger partial charge in [-0.2, -0.15) is 0 Å². The second-order valence-electron chi connectivity index (χ2n) is 4.12. The summed E-state index contributed by atoms with van der Waals surface area (Å²) in [5.74, 6) is 0. The Morgan fingerprint density at radius 2 is 1.50 bits per heavy atom. The van der Waals surface area contributed by atoms with E-state index < -0.39 is 23.6 Å². The standard InChI is InChI=1S/C8H6Br6O2/c1-5(16)4(15)6(11)2(9)3(10)7(5,12)8(6,13)14/h4,15-16H,1H3. The van der Waals surface area contributed by atoms with E-state index in [2.05, 4.69) is 95.6 Å². The first-order valence-corrected chi connectivity index (χ1v) is 8.95. The molecule has 0 amide bonds. The number of halogens is 6. The molecule has 0 aliphatic heterocycles. The molecule has 0 aromatic rings. The second kappa shape index (κ2) is 3.80. The highest BCUT2D eigenvalue weighted by atomic mass is 79.9. The molecule has 0 spiro atoms. The molecule has 0 heterocycles. The van der Waals surface area contributed by atoms with Gasteiger partial charge in [-0.15, -0.1) is 0 Å². The van der Waals surface area contributed by atoms with Crippen LogP contribution in [0.2, 0.25) is 0 Å². The zero-order chi connectivity index (χ0) is 12.7. The van der Waals surface area contributed by atoms with Crippen LogP contribution in [0.1, 0.15) is 6.92 Å². The lowest BCUT2D eigenvalue weighted by molar-refractivity contribution is -0.0544. The highest BCUT2D eigenvalue weighted by Crippen LogP contribution is 2.78. The molecule has 8 heteroatoms. The van der Waals surface area contributed by atoms with Gasteiger partial charge in [-0.3, -0.25) is 0 Å². The van der Waals surface area contributed by atoms with Gasteiger partial charge in [0.2, 0.25) is 0 Å². The number of fused-ring (bicyclic) bond motifs is 2. The van der Waals surface area contributed by atoms with Crippen molar-refractivity contribution in [3.05, 3.63) is 8.96 Å². The van der Waals surface area contributed by atoms with Crippen molar-refractivity contribution in [1.82, 2.24) is 0 Å². The minimum atomic E-state index is -1.35. The van der Waals surface area contributed by atoms with Crippen LogP contribution in [0.15, 0.2) is 8.96 Å². The molecule has 0 aromatic heterocycles. The molecule has 1 saturated carbocycles. The van der Waals surface area contributed by atoms with Gasteiger partial charge < -0.3 is 10.2 Å². The average molecular weight is 614 g/mol. The number of aliphatic hydroxyl groups is 2. The third kappa shape index (κ3) is 1.21. The molecule has 4 atom stereocenters. The van der Waals surface area contributed by atoms with Crippen molar-refractivity contribution >= 4 is 95.6 Å². The first-order valence-electron chi connectivity index (χ1n) is 4.19. The Balaban J connectivity index is 2.84. The first kappa shape index (κ1) is 14.9. The molecule has 2 bridgehead atoms. The van der Waals surface area contributed by atoms with E-state index in [1.54, 1.807) is 6.92 Å². The van der Waals surface area contributed by atoms with E-state index in [9.17, 15) is 10.2 Å². The van der Waals surface area contributed by atoms with Crippen LogP contribution in [0, 0.1) is 0 Å². The summed E-state index contributed by atoms with van der Waals surface area (Å²) in [6.07, 6.45) is -0.992. The lowest BCUT2D eigenvalue weighted by Crippen LogP contribution is -2.55. The molecule has 4 unspecified atom stereocenters. The number of alkyl halides is 4. The fraction of sp³-hybridized carbons (Fsp3) is 0.750. The van der Waals surface area contributed by atoms with Crippen molar-refractivity contribution in [3.63, 3.8) is 0 Å². The average Bonchev–Trinajstić information content (AvgIpc) is 2.34. The maximum atomic E-state index is 10.5. The highest BCUT2D eigenvalue weighted by molar-refractivity contribution is 9.27. The van der Waals surface area contributed by atoms with E-state index in [0.717, 1.165) is 8.96 Å². The van der Waals surface area contributed by atoms with E-state index in [-0.39, 0.29) is 0 Å². The molecule has 2 aliphatic rings. The lowest BCUT2D eigenvalue weighted by atomic mass is 9.87. The van der Waals surface area contributed by atoms with E-state index in [1.807, 2.05) is 0 Å². The van der Waals surface area contributed by atoms with Crippen LogP contribution in [0.4, 0.5) is 0 Å². The molecule has 2 rings (SSSR count). The summed E-state index contributed by atoms with van der Waals surface area (Å²) < 4.78 is -0.994. The Kier molecular flexibility index (Phi) is 3.55. The number of rotatable bonds is 0. The fourth-order valence-electron chi connectivity index (χ4n) is 2.24. The summed E-state index contributed by atoms with van der Waals surface area (Å²) in [5, 5.41) is 20.9.